The van der Waals surface area contributed by atoms with Crippen LogP contribution in [-0.4, -0.2) is 31.1 Å². The van der Waals surface area contributed by atoms with E-state index in [9.17, 15) is 0 Å². The van der Waals surface area contributed by atoms with Crippen molar-refractivity contribution in [1.29, 1.82) is 0 Å². The van der Waals surface area contributed by atoms with Gasteiger partial charge in [-0.3, -0.25) is 4.90 Å². The number of piperidine rings is 1. The summed E-state index contributed by atoms with van der Waals surface area (Å²) in [7, 11) is 2.06. The Labute approximate surface area is 124 Å². The Hall–Kier alpha value is -0.860. The van der Waals surface area contributed by atoms with Gasteiger partial charge in [0.15, 0.2) is 0 Å². The summed E-state index contributed by atoms with van der Waals surface area (Å²) in [6, 6.07) is 5.50. The Bertz CT molecular complexity index is 439. The molecule has 112 valence electrons. The third-order valence-corrected chi connectivity index (χ3v) is 4.80. The molecule has 1 aromatic carbocycles. The van der Waals surface area contributed by atoms with Gasteiger partial charge in [0.05, 0.1) is 0 Å². The molecular weight excluding hydrogens is 244 g/mol. The molecule has 1 fully saturated rings. The quantitative estimate of drug-likeness (QED) is 0.883. The predicted octanol–water partition coefficient (Wildman–Crippen LogP) is 3.58. The van der Waals surface area contributed by atoms with Gasteiger partial charge in [-0.05, 0) is 82.4 Å². The lowest BCUT2D eigenvalue weighted by Crippen LogP contribution is -2.40. The van der Waals surface area contributed by atoms with Gasteiger partial charge in [-0.1, -0.05) is 18.6 Å². The molecule has 1 aliphatic heterocycles. The van der Waals surface area contributed by atoms with Crippen molar-refractivity contribution in [2.24, 2.45) is 0 Å². The smallest absolute Gasteiger partial charge is 0.0239 e. The van der Waals surface area contributed by atoms with Crippen molar-refractivity contribution in [3.63, 3.8) is 0 Å². The van der Waals surface area contributed by atoms with E-state index in [0.29, 0.717) is 0 Å². The van der Waals surface area contributed by atoms with Gasteiger partial charge >= 0.3 is 0 Å². The molecular formula is C18H30N2. The molecule has 0 saturated carbocycles. The minimum atomic E-state index is 0.761. The summed E-state index contributed by atoms with van der Waals surface area (Å²) in [5.74, 6) is 0. The van der Waals surface area contributed by atoms with E-state index < -0.39 is 0 Å². The number of nitrogens with zero attached hydrogens (tertiary/aromatic N) is 1. The second kappa shape index (κ2) is 7.24. The summed E-state index contributed by atoms with van der Waals surface area (Å²) >= 11 is 0. The van der Waals surface area contributed by atoms with Crippen molar-refractivity contribution < 1.29 is 0 Å². The van der Waals surface area contributed by atoms with E-state index in [1.54, 1.807) is 0 Å². The van der Waals surface area contributed by atoms with Crippen LogP contribution in [0.2, 0.25) is 0 Å². The lowest BCUT2D eigenvalue weighted by Gasteiger charge is -2.36. The highest BCUT2D eigenvalue weighted by Gasteiger charge is 2.22. The Kier molecular flexibility index (Phi) is 5.62. The van der Waals surface area contributed by atoms with Gasteiger partial charge in [0.25, 0.3) is 0 Å². The van der Waals surface area contributed by atoms with E-state index in [1.807, 2.05) is 0 Å². The number of aryl methyl sites for hydroxylation is 3. The number of hydrogen-bond donors (Lipinski definition) is 1. The Morgan fingerprint density at radius 3 is 2.60 bits per heavy atom. The number of likely N-dealkylation sites (tertiary alicyclic amines) is 1. The summed E-state index contributed by atoms with van der Waals surface area (Å²) in [4.78, 5) is 2.71. The molecule has 0 aromatic heterocycles. The molecule has 1 atom stereocenters. The SMILES string of the molecule is CNCCC1CCCCN1Cc1cc(C)c(C)cc1C. The Balaban J connectivity index is 2.08. The standard InChI is InChI=1S/C18H30N2/c1-14-11-16(3)17(12-15(14)2)13-20-10-6-5-7-18(20)8-9-19-4/h11-12,18-19H,5-10,13H2,1-4H3. The molecule has 0 spiro atoms. The molecule has 2 rings (SSSR count). The van der Waals surface area contributed by atoms with Crippen LogP contribution in [0, 0.1) is 20.8 Å². The van der Waals surface area contributed by atoms with Crippen LogP contribution in [0.5, 0.6) is 0 Å². The first-order valence-electron chi connectivity index (χ1n) is 8.07. The Morgan fingerprint density at radius 2 is 1.85 bits per heavy atom. The highest BCUT2D eigenvalue weighted by Crippen LogP contribution is 2.24. The van der Waals surface area contributed by atoms with E-state index >= 15 is 0 Å². The lowest BCUT2D eigenvalue weighted by molar-refractivity contribution is 0.132. The highest BCUT2D eigenvalue weighted by atomic mass is 15.2. The van der Waals surface area contributed by atoms with E-state index in [2.05, 4.69) is 50.2 Å². The molecule has 2 heteroatoms. The first kappa shape index (κ1) is 15.5. The fourth-order valence-electron chi connectivity index (χ4n) is 3.32. The van der Waals surface area contributed by atoms with Crippen LogP contribution in [-0.2, 0) is 6.54 Å². The highest BCUT2D eigenvalue weighted by molar-refractivity contribution is 5.36. The molecule has 2 nitrogen and oxygen atoms in total. The van der Waals surface area contributed by atoms with Crippen molar-refractivity contribution in [3.05, 3.63) is 34.4 Å². The van der Waals surface area contributed by atoms with E-state index in [4.69, 9.17) is 0 Å². The van der Waals surface area contributed by atoms with Crippen LogP contribution in [0.3, 0.4) is 0 Å². The van der Waals surface area contributed by atoms with E-state index in [1.165, 1.54) is 54.5 Å². The third kappa shape index (κ3) is 3.83. The number of benzene rings is 1. The molecule has 1 aromatic rings. The molecule has 0 radical (unpaired) electrons. The first-order valence-corrected chi connectivity index (χ1v) is 8.07. The maximum Gasteiger partial charge on any atom is 0.0239 e. The molecule has 1 saturated heterocycles. The van der Waals surface area contributed by atoms with Crippen LogP contribution in [0.4, 0.5) is 0 Å². The van der Waals surface area contributed by atoms with Crippen LogP contribution < -0.4 is 5.32 Å². The number of nitrogens with one attached hydrogen (secondary N) is 1. The first-order chi connectivity index (χ1) is 9.61. The molecule has 0 amide bonds. The summed E-state index contributed by atoms with van der Waals surface area (Å²) < 4.78 is 0. The van der Waals surface area contributed by atoms with Crippen LogP contribution >= 0.6 is 0 Å². The monoisotopic (exact) mass is 274 g/mol. The topological polar surface area (TPSA) is 15.3 Å². The molecule has 0 bridgehead atoms. The average molecular weight is 274 g/mol. The second-order valence-electron chi connectivity index (χ2n) is 6.38. The summed E-state index contributed by atoms with van der Waals surface area (Å²) in [5, 5.41) is 3.30. The van der Waals surface area contributed by atoms with Gasteiger partial charge in [-0.2, -0.15) is 0 Å². The summed E-state index contributed by atoms with van der Waals surface area (Å²) in [5.41, 5.74) is 5.81. The van der Waals surface area contributed by atoms with Gasteiger partial charge < -0.3 is 5.32 Å². The number of hydrogen-bond acceptors (Lipinski definition) is 2. The fourth-order valence-corrected chi connectivity index (χ4v) is 3.32. The van der Waals surface area contributed by atoms with Gasteiger partial charge in [0, 0.05) is 12.6 Å². The zero-order valence-corrected chi connectivity index (χ0v) is 13.6. The van der Waals surface area contributed by atoms with Crippen molar-refractivity contribution >= 4 is 0 Å². The van der Waals surface area contributed by atoms with Crippen LogP contribution in [0.25, 0.3) is 0 Å². The predicted molar refractivity (Wildman–Crippen MR) is 87.2 cm³/mol. The van der Waals surface area contributed by atoms with Crippen molar-refractivity contribution in [3.8, 4) is 0 Å². The second-order valence-corrected chi connectivity index (χ2v) is 6.38. The van der Waals surface area contributed by atoms with Gasteiger partial charge in [0.1, 0.15) is 0 Å². The Morgan fingerprint density at radius 1 is 1.10 bits per heavy atom. The minimum Gasteiger partial charge on any atom is -0.320 e. The summed E-state index contributed by atoms with van der Waals surface area (Å²) in [6.07, 6.45) is 5.41. The molecule has 1 N–H and O–H groups in total. The third-order valence-electron chi connectivity index (χ3n) is 4.80. The molecule has 1 aliphatic rings. The van der Waals surface area contributed by atoms with Gasteiger partial charge in [0.2, 0.25) is 0 Å². The zero-order chi connectivity index (χ0) is 14.5. The van der Waals surface area contributed by atoms with E-state index in [-0.39, 0.29) is 0 Å². The number of rotatable bonds is 5. The van der Waals surface area contributed by atoms with Crippen LogP contribution in [0.1, 0.15) is 47.9 Å². The molecule has 20 heavy (non-hydrogen) atoms. The largest absolute Gasteiger partial charge is 0.320 e. The maximum atomic E-state index is 3.30. The molecule has 1 unspecified atom stereocenters. The summed E-state index contributed by atoms with van der Waals surface area (Å²) in [6.45, 7) is 10.2. The molecule has 0 aliphatic carbocycles. The van der Waals surface area contributed by atoms with Crippen molar-refractivity contribution in [1.82, 2.24) is 10.2 Å². The van der Waals surface area contributed by atoms with E-state index in [0.717, 1.165) is 19.1 Å². The normalized spacial score (nSPS) is 20.3. The van der Waals surface area contributed by atoms with Gasteiger partial charge in [-0.15, -0.1) is 0 Å². The maximum absolute atomic E-state index is 3.30. The van der Waals surface area contributed by atoms with Crippen LogP contribution in [0.15, 0.2) is 12.1 Å². The van der Waals surface area contributed by atoms with Gasteiger partial charge in [-0.25, -0.2) is 0 Å². The average Bonchev–Trinajstić information content (AvgIpc) is 2.44. The van der Waals surface area contributed by atoms with Crippen molar-refractivity contribution in [2.75, 3.05) is 20.1 Å². The molecule has 1 heterocycles. The lowest BCUT2D eigenvalue weighted by atomic mass is 9.96. The zero-order valence-electron chi connectivity index (χ0n) is 13.6. The fraction of sp³-hybridized carbons (Fsp3) is 0.667. The van der Waals surface area contributed by atoms with Crippen molar-refractivity contribution in [2.45, 2.75) is 59.0 Å². The minimum absolute atomic E-state index is 0.761.